The van der Waals surface area contributed by atoms with E-state index in [1.807, 2.05) is 6.92 Å². The second kappa shape index (κ2) is 7.53. The molecule has 5 nitrogen and oxygen atoms in total. The topological polar surface area (TPSA) is 78.4 Å². The summed E-state index contributed by atoms with van der Waals surface area (Å²) in [6.45, 7) is 5.82. The molecular formula is C15H22N2O3. The van der Waals surface area contributed by atoms with Crippen molar-refractivity contribution in [2.24, 2.45) is 0 Å². The zero-order valence-electron chi connectivity index (χ0n) is 12.2. The van der Waals surface area contributed by atoms with Crippen LogP contribution in [0, 0.1) is 6.92 Å². The number of carbonyl (C=O) groups excluding carboxylic acids is 1. The molecule has 3 N–H and O–H groups in total. The van der Waals surface area contributed by atoms with Crippen LogP contribution in [-0.4, -0.2) is 23.1 Å². The van der Waals surface area contributed by atoms with Crippen LogP contribution in [0.4, 0.5) is 10.5 Å². The van der Waals surface area contributed by atoms with Crippen LogP contribution in [0.1, 0.15) is 49.0 Å². The van der Waals surface area contributed by atoms with Gasteiger partial charge in [0.1, 0.15) is 0 Å². The van der Waals surface area contributed by atoms with Crippen LogP contribution < -0.4 is 10.6 Å². The van der Waals surface area contributed by atoms with E-state index in [1.54, 1.807) is 19.1 Å². The van der Waals surface area contributed by atoms with Crippen LogP contribution in [0.2, 0.25) is 0 Å². The van der Waals surface area contributed by atoms with E-state index in [2.05, 4.69) is 17.6 Å². The van der Waals surface area contributed by atoms with Gasteiger partial charge in [0.05, 0.1) is 5.56 Å². The molecule has 20 heavy (non-hydrogen) atoms. The van der Waals surface area contributed by atoms with E-state index in [0.29, 0.717) is 11.3 Å². The summed E-state index contributed by atoms with van der Waals surface area (Å²) in [6, 6.07) is 4.66. The standard InChI is InChI=1S/C15H22N2O3/c1-4-6-11(5-2)16-15(20)17-12-7-8-13(14(18)19)10(3)9-12/h7-9,11H,4-6H2,1-3H3,(H,18,19)(H2,16,17,20). The lowest BCUT2D eigenvalue weighted by molar-refractivity contribution is 0.0696. The van der Waals surface area contributed by atoms with Gasteiger partial charge in [0.2, 0.25) is 0 Å². The third-order valence-corrected chi connectivity index (χ3v) is 3.18. The van der Waals surface area contributed by atoms with Gasteiger partial charge in [-0.2, -0.15) is 0 Å². The molecule has 0 heterocycles. The van der Waals surface area contributed by atoms with Crippen molar-refractivity contribution in [3.63, 3.8) is 0 Å². The third kappa shape index (κ3) is 4.57. The Morgan fingerprint density at radius 1 is 1.30 bits per heavy atom. The Morgan fingerprint density at radius 3 is 2.50 bits per heavy atom. The number of carbonyl (C=O) groups is 2. The lowest BCUT2D eigenvalue weighted by Gasteiger charge is -2.16. The Bertz CT molecular complexity index is 486. The van der Waals surface area contributed by atoms with Gasteiger partial charge < -0.3 is 15.7 Å². The number of aromatic carboxylic acids is 1. The summed E-state index contributed by atoms with van der Waals surface area (Å²) in [5, 5.41) is 14.6. The van der Waals surface area contributed by atoms with Gasteiger partial charge in [0, 0.05) is 11.7 Å². The minimum Gasteiger partial charge on any atom is -0.478 e. The summed E-state index contributed by atoms with van der Waals surface area (Å²) in [5.41, 5.74) is 1.46. The molecule has 1 unspecified atom stereocenters. The maximum absolute atomic E-state index is 11.8. The fourth-order valence-corrected chi connectivity index (χ4v) is 2.06. The summed E-state index contributed by atoms with van der Waals surface area (Å²) < 4.78 is 0. The van der Waals surface area contributed by atoms with Crippen LogP contribution in [-0.2, 0) is 0 Å². The van der Waals surface area contributed by atoms with Crippen molar-refractivity contribution >= 4 is 17.7 Å². The number of aryl methyl sites for hydroxylation is 1. The molecule has 0 saturated heterocycles. The number of carboxylic acids is 1. The van der Waals surface area contributed by atoms with E-state index in [1.165, 1.54) is 6.07 Å². The average molecular weight is 278 g/mol. The van der Waals surface area contributed by atoms with Crippen molar-refractivity contribution in [3.05, 3.63) is 29.3 Å². The molecule has 1 aromatic carbocycles. The van der Waals surface area contributed by atoms with E-state index in [-0.39, 0.29) is 17.6 Å². The van der Waals surface area contributed by atoms with Gasteiger partial charge in [-0.25, -0.2) is 9.59 Å². The molecule has 0 aliphatic rings. The average Bonchev–Trinajstić information content (AvgIpc) is 2.37. The molecule has 2 amide bonds. The van der Waals surface area contributed by atoms with Gasteiger partial charge >= 0.3 is 12.0 Å². The Hall–Kier alpha value is -2.04. The molecular weight excluding hydrogens is 256 g/mol. The fourth-order valence-electron chi connectivity index (χ4n) is 2.06. The normalized spacial score (nSPS) is 11.8. The zero-order chi connectivity index (χ0) is 15.1. The molecule has 0 saturated carbocycles. The number of anilines is 1. The van der Waals surface area contributed by atoms with Crippen molar-refractivity contribution in [1.82, 2.24) is 5.32 Å². The summed E-state index contributed by atoms with van der Waals surface area (Å²) >= 11 is 0. The minimum absolute atomic E-state index is 0.166. The molecule has 0 spiro atoms. The lowest BCUT2D eigenvalue weighted by atomic mass is 10.1. The van der Waals surface area contributed by atoms with Crippen LogP contribution in [0.3, 0.4) is 0 Å². The predicted molar refractivity (Wildman–Crippen MR) is 79.3 cm³/mol. The van der Waals surface area contributed by atoms with Crippen LogP contribution in [0.5, 0.6) is 0 Å². The summed E-state index contributed by atoms with van der Waals surface area (Å²) in [7, 11) is 0. The lowest BCUT2D eigenvalue weighted by Crippen LogP contribution is -2.37. The minimum atomic E-state index is -0.965. The Labute approximate surface area is 119 Å². The fraction of sp³-hybridized carbons (Fsp3) is 0.467. The van der Waals surface area contributed by atoms with Gasteiger partial charge in [-0.05, 0) is 43.5 Å². The van der Waals surface area contributed by atoms with E-state index < -0.39 is 5.97 Å². The number of amides is 2. The second-order valence-corrected chi connectivity index (χ2v) is 4.83. The van der Waals surface area contributed by atoms with Gasteiger partial charge in [-0.1, -0.05) is 20.3 Å². The molecule has 1 atom stereocenters. The first-order chi connectivity index (χ1) is 9.47. The highest BCUT2D eigenvalue weighted by Gasteiger charge is 2.11. The smallest absolute Gasteiger partial charge is 0.335 e. The highest BCUT2D eigenvalue weighted by Crippen LogP contribution is 2.15. The van der Waals surface area contributed by atoms with E-state index in [0.717, 1.165) is 19.3 Å². The first-order valence-electron chi connectivity index (χ1n) is 6.89. The summed E-state index contributed by atoms with van der Waals surface area (Å²) in [6.07, 6.45) is 2.85. The quantitative estimate of drug-likeness (QED) is 0.746. The van der Waals surface area contributed by atoms with Gasteiger partial charge in [0.15, 0.2) is 0 Å². The predicted octanol–water partition coefficient (Wildman–Crippen LogP) is 3.39. The molecule has 110 valence electrons. The third-order valence-electron chi connectivity index (χ3n) is 3.18. The number of hydrogen-bond acceptors (Lipinski definition) is 2. The number of urea groups is 1. The molecule has 5 heteroatoms. The van der Waals surface area contributed by atoms with Gasteiger partial charge in [-0.3, -0.25) is 0 Å². The zero-order valence-corrected chi connectivity index (χ0v) is 12.2. The van der Waals surface area contributed by atoms with Gasteiger partial charge in [-0.15, -0.1) is 0 Å². The Morgan fingerprint density at radius 2 is 2.00 bits per heavy atom. The first-order valence-corrected chi connectivity index (χ1v) is 6.89. The maximum Gasteiger partial charge on any atom is 0.335 e. The van der Waals surface area contributed by atoms with Crippen molar-refractivity contribution in [3.8, 4) is 0 Å². The Kier molecular flexibility index (Phi) is 6.03. The Balaban J connectivity index is 2.66. The molecule has 0 fully saturated rings. The maximum atomic E-state index is 11.8. The van der Waals surface area contributed by atoms with Crippen LogP contribution in [0.25, 0.3) is 0 Å². The number of rotatable bonds is 6. The van der Waals surface area contributed by atoms with Crippen molar-refractivity contribution < 1.29 is 14.7 Å². The van der Waals surface area contributed by atoms with E-state index >= 15 is 0 Å². The van der Waals surface area contributed by atoms with Crippen LogP contribution >= 0.6 is 0 Å². The monoisotopic (exact) mass is 278 g/mol. The molecule has 1 aromatic rings. The van der Waals surface area contributed by atoms with Gasteiger partial charge in [0.25, 0.3) is 0 Å². The second-order valence-electron chi connectivity index (χ2n) is 4.83. The molecule has 0 aliphatic carbocycles. The largest absolute Gasteiger partial charge is 0.478 e. The molecule has 1 rings (SSSR count). The van der Waals surface area contributed by atoms with E-state index in [4.69, 9.17) is 5.11 Å². The van der Waals surface area contributed by atoms with Crippen LogP contribution in [0.15, 0.2) is 18.2 Å². The van der Waals surface area contributed by atoms with Crippen molar-refractivity contribution in [2.45, 2.75) is 46.1 Å². The molecule has 0 aliphatic heterocycles. The first kappa shape index (κ1) is 16.0. The summed E-state index contributed by atoms with van der Waals surface area (Å²) in [4.78, 5) is 22.8. The highest BCUT2D eigenvalue weighted by atomic mass is 16.4. The van der Waals surface area contributed by atoms with E-state index in [9.17, 15) is 9.59 Å². The number of benzene rings is 1. The number of carboxylic acid groups (broad SMARTS) is 1. The molecule has 0 radical (unpaired) electrons. The highest BCUT2D eigenvalue weighted by molar-refractivity contribution is 5.92. The number of hydrogen-bond donors (Lipinski definition) is 3. The SMILES string of the molecule is CCCC(CC)NC(=O)Nc1ccc(C(=O)O)c(C)c1. The van der Waals surface area contributed by atoms with Crippen molar-refractivity contribution in [2.75, 3.05) is 5.32 Å². The summed E-state index contributed by atoms with van der Waals surface area (Å²) in [5.74, 6) is -0.965. The van der Waals surface area contributed by atoms with Crippen molar-refractivity contribution in [1.29, 1.82) is 0 Å². The molecule has 0 bridgehead atoms. The molecule has 0 aromatic heterocycles. The number of nitrogens with one attached hydrogen (secondary N) is 2.